The van der Waals surface area contributed by atoms with E-state index in [9.17, 15) is 0 Å². The third-order valence-corrected chi connectivity index (χ3v) is 4.20. The summed E-state index contributed by atoms with van der Waals surface area (Å²) in [6.45, 7) is 2.25. The van der Waals surface area contributed by atoms with Crippen LogP contribution in [0.25, 0.3) is 11.5 Å². The summed E-state index contributed by atoms with van der Waals surface area (Å²) in [6, 6.07) is 3.52. The lowest BCUT2D eigenvalue weighted by atomic mass is 9.78. The second-order valence-electron chi connectivity index (χ2n) is 5.62. The smallest absolute Gasteiger partial charge is 0.247 e. The lowest BCUT2D eigenvalue weighted by Gasteiger charge is -2.32. The minimum absolute atomic E-state index is 0.458. The zero-order chi connectivity index (χ0) is 14.2. The highest BCUT2D eigenvalue weighted by Crippen LogP contribution is 2.37. The van der Waals surface area contributed by atoms with Crippen molar-refractivity contribution in [3.05, 3.63) is 29.2 Å². The second-order valence-corrected chi connectivity index (χ2v) is 6.06. The Morgan fingerprint density at radius 3 is 2.75 bits per heavy atom. The maximum atomic E-state index is 6.42. The molecule has 0 spiro atoms. The van der Waals surface area contributed by atoms with Crippen LogP contribution in [-0.4, -0.2) is 15.1 Å². The van der Waals surface area contributed by atoms with E-state index in [1.165, 1.54) is 0 Å². The zero-order valence-corrected chi connectivity index (χ0v) is 12.1. The van der Waals surface area contributed by atoms with Crippen molar-refractivity contribution in [1.82, 2.24) is 15.1 Å². The Hall–Kier alpha value is -1.46. The first-order valence-electron chi connectivity index (χ1n) is 6.82. The summed E-state index contributed by atoms with van der Waals surface area (Å²) >= 11 is 5.82. The molecule has 1 aliphatic carbocycles. The lowest BCUT2D eigenvalue weighted by molar-refractivity contribution is 0.190. The van der Waals surface area contributed by atoms with Crippen LogP contribution in [0.4, 0.5) is 0 Å². The average Bonchev–Trinajstić information content (AvgIpc) is 2.94. The van der Waals surface area contributed by atoms with Gasteiger partial charge in [0.25, 0.3) is 0 Å². The summed E-state index contributed by atoms with van der Waals surface area (Å²) in [5.74, 6) is 1.68. The first-order valence-corrected chi connectivity index (χ1v) is 7.20. The Kier molecular flexibility index (Phi) is 3.48. The highest BCUT2D eigenvalue weighted by atomic mass is 35.5. The van der Waals surface area contributed by atoms with E-state index in [1.807, 2.05) is 0 Å². The fraction of sp³-hybridized carbons (Fsp3) is 0.500. The first kappa shape index (κ1) is 13.5. The zero-order valence-electron chi connectivity index (χ0n) is 11.3. The minimum atomic E-state index is -0.496. The number of nitrogens with zero attached hydrogens (tertiary/aromatic N) is 3. The van der Waals surface area contributed by atoms with E-state index in [2.05, 4.69) is 22.0 Å². The van der Waals surface area contributed by atoms with Gasteiger partial charge in [-0.15, -0.1) is 0 Å². The molecule has 1 aliphatic rings. The SMILES string of the molecule is CC1CCC(N)(c2nc(-c3ccc(Cl)cn3)no2)CC1. The Morgan fingerprint density at radius 2 is 2.10 bits per heavy atom. The molecular formula is C14H17ClN4O. The number of pyridine rings is 1. The molecule has 0 saturated heterocycles. The van der Waals surface area contributed by atoms with Crippen LogP contribution in [0.5, 0.6) is 0 Å². The maximum absolute atomic E-state index is 6.42. The number of nitrogens with two attached hydrogens (primary N) is 1. The minimum Gasteiger partial charge on any atom is -0.337 e. The largest absolute Gasteiger partial charge is 0.337 e. The molecular weight excluding hydrogens is 276 g/mol. The van der Waals surface area contributed by atoms with Crippen LogP contribution in [0.1, 0.15) is 38.5 Å². The topological polar surface area (TPSA) is 77.8 Å². The van der Waals surface area contributed by atoms with Gasteiger partial charge in [0, 0.05) is 6.20 Å². The molecule has 20 heavy (non-hydrogen) atoms. The summed E-state index contributed by atoms with van der Waals surface area (Å²) < 4.78 is 5.37. The summed E-state index contributed by atoms with van der Waals surface area (Å²) in [7, 11) is 0. The van der Waals surface area contributed by atoms with Crippen molar-refractivity contribution in [1.29, 1.82) is 0 Å². The first-order chi connectivity index (χ1) is 9.57. The summed E-state index contributed by atoms with van der Waals surface area (Å²) in [6.07, 6.45) is 5.50. The van der Waals surface area contributed by atoms with Crippen LogP contribution in [0.2, 0.25) is 5.02 Å². The highest BCUT2D eigenvalue weighted by Gasteiger charge is 2.37. The lowest BCUT2D eigenvalue weighted by Crippen LogP contribution is -2.40. The van der Waals surface area contributed by atoms with Gasteiger partial charge in [0.2, 0.25) is 11.7 Å². The fourth-order valence-electron chi connectivity index (χ4n) is 2.53. The van der Waals surface area contributed by atoms with Crippen LogP contribution < -0.4 is 5.73 Å². The molecule has 2 aromatic rings. The number of hydrogen-bond acceptors (Lipinski definition) is 5. The van der Waals surface area contributed by atoms with Gasteiger partial charge >= 0.3 is 0 Å². The molecule has 2 heterocycles. The monoisotopic (exact) mass is 292 g/mol. The quantitative estimate of drug-likeness (QED) is 0.920. The van der Waals surface area contributed by atoms with Gasteiger partial charge in [-0.05, 0) is 43.7 Å². The molecule has 1 fully saturated rings. The Labute approximate surface area is 122 Å². The molecule has 1 saturated carbocycles. The van der Waals surface area contributed by atoms with E-state index >= 15 is 0 Å². The van der Waals surface area contributed by atoms with Gasteiger partial charge in [-0.25, -0.2) is 0 Å². The van der Waals surface area contributed by atoms with Crippen molar-refractivity contribution in [3.63, 3.8) is 0 Å². The van der Waals surface area contributed by atoms with E-state index in [0.29, 0.717) is 28.3 Å². The third kappa shape index (κ3) is 2.55. The Balaban J connectivity index is 1.85. The Bertz CT molecular complexity index is 587. The molecule has 0 unspecified atom stereocenters. The summed E-state index contributed by atoms with van der Waals surface area (Å²) in [4.78, 5) is 8.61. The predicted octanol–water partition coefficient (Wildman–Crippen LogP) is 3.15. The van der Waals surface area contributed by atoms with Crippen molar-refractivity contribution >= 4 is 11.6 Å². The molecule has 3 rings (SSSR count). The second kappa shape index (κ2) is 5.14. The van der Waals surface area contributed by atoms with E-state index in [-0.39, 0.29) is 0 Å². The van der Waals surface area contributed by atoms with Gasteiger partial charge in [-0.3, -0.25) is 4.98 Å². The fourth-order valence-corrected chi connectivity index (χ4v) is 2.64. The molecule has 106 valence electrons. The van der Waals surface area contributed by atoms with Gasteiger partial charge in [-0.1, -0.05) is 23.7 Å². The van der Waals surface area contributed by atoms with Crippen molar-refractivity contribution < 1.29 is 4.52 Å². The van der Waals surface area contributed by atoms with E-state index < -0.39 is 5.54 Å². The predicted molar refractivity (Wildman–Crippen MR) is 76.0 cm³/mol. The number of halogens is 1. The van der Waals surface area contributed by atoms with Crippen LogP contribution in [0.15, 0.2) is 22.9 Å². The van der Waals surface area contributed by atoms with Crippen LogP contribution >= 0.6 is 11.6 Å². The molecule has 2 aromatic heterocycles. The molecule has 0 amide bonds. The van der Waals surface area contributed by atoms with Gasteiger partial charge in [-0.2, -0.15) is 4.98 Å². The molecule has 0 radical (unpaired) electrons. The molecule has 5 nitrogen and oxygen atoms in total. The highest BCUT2D eigenvalue weighted by molar-refractivity contribution is 6.30. The maximum Gasteiger partial charge on any atom is 0.247 e. The molecule has 0 aromatic carbocycles. The summed E-state index contributed by atoms with van der Waals surface area (Å²) in [5, 5.41) is 4.56. The van der Waals surface area contributed by atoms with Crippen molar-refractivity contribution in [2.24, 2.45) is 11.7 Å². The standard InChI is InChI=1S/C14H17ClN4O/c1-9-4-6-14(16,7-5-9)13-18-12(19-20-13)11-3-2-10(15)8-17-11/h2-3,8-9H,4-7,16H2,1H3. The van der Waals surface area contributed by atoms with Crippen LogP contribution in [-0.2, 0) is 5.54 Å². The molecule has 2 N–H and O–H groups in total. The van der Waals surface area contributed by atoms with Gasteiger partial charge in [0.05, 0.1) is 10.6 Å². The molecule has 0 atom stereocenters. The normalized spacial score (nSPS) is 26.6. The van der Waals surface area contributed by atoms with Crippen LogP contribution in [0, 0.1) is 5.92 Å². The van der Waals surface area contributed by atoms with Crippen molar-refractivity contribution in [2.75, 3.05) is 0 Å². The molecule has 6 heteroatoms. The van der Waals surface area contributed by atoms with Gasteiger partial charge in [0.15, 0.2) is 0 Å². The van der Waals surface area contributed by atoms with E-state index in [4.69, 9.17) is 21.9 Å². The van der Waals surface area contributed by atoms with Crippen LogP contribution in [0.3, 0.4) is 0 Å². The Morgan fingerprint density at radius 1 is 1.35 bits per heavy atom. The van der Waals surface area contributed by atoms with Crippen molar-refractivity contribution in [3.8, 4) is 11.5 Å². The van der Waals surface area contributed by atoms with E-state index in [1.54, 1.807) is 18.3 Å². The molecule has 0 aliphatic heterocycles. The average molecular weight is 293 g/mol. The van der Waals surface area contributed by atoms with E-state index in [0.717, 1.165) is 25.7 Å². The number of hydrogen-bond donors (Lipinski definition) is 1. The third-order valence-electron chi connectivity index (χ3n) is 3.97. The van der Waals surface area contributed by atoms with Gasteiger partial charge < -0.3 is 10.3 Å². The number of aromatic nitrogens is 3. The van der Waals surface area contributed by atoms with Crippen molar-refractivity contribution in [2.45, 2.75) is 38.1 Å². The summed E-state index contributed by atoms with van der Waals surface area (Å²) in [5.41, 5.74) is 6.56. The number of rotatable bonds is 2. The molecule has 0 bridgehead atoms. The van der Waals surface area contributed by atoms with Gasteiger partial charge in [0.1, 0.15) is 5.69 Å².